The summed E-state index contributed by atoms with van der Waals surface area (Å²) in [6, 6.07) is 3.75. The van der Waals surface area contributed by atoms with Crippen molar-refractivity contribution in [1.82, 2.24) is 4.31 Å². The van der Waals surface area contributed by atoms with Crippen molar-refractivity contribution < 1.29 is 22.7 Å². The summed E-state index contributed by atoms with van der Waals surface area (Å²) in [6.07, 6.45) is 1.43. The van der Waals surface area contributed by atoms with Gasteiger partial charge in [0.15, 0.2) is 0 Å². The molecule has 0 spiro atoms. The van der Waals surface area contributed by atoms with Crippen LogP contribution in [0, 0.1) is 23.1 Å². The van der Waals surface area contributed by atoms with Gasteiger partial charge in [-0.3, -0.25) is 4.79 Å². The van der Waals surface area contributed by atoms with E-state index in [4.69, 9.17) is 5.26 Å². The molecule has 1 aromatic carbocycles. The van der Waals surface area contributed by atoms with E-state index in [9.17, 15) is 22.7 Å². The molecule has 0 radical (unpaired) electrons. The fourth-order valence-corrected chi connectivity index (χ4v) is 5.39. The third-order valence-electron chi connectivity index (χ3n) is 4.42. The molecular weight excluding hydrogens is 311 g/mol. The van der Waals surface area contributed by atoms with E-state index < -0.39 is 33.8 Å². The molecule has 6 nitrogen and oxygen atoms in total. The maximum atomic E-state index is 13.4. The van der Waals surface area contributed by atoms with Gasteiger partial charge in [-0.15, -0.1) is 0 Å². The molecule has 2 heterocycles. The molecular formula is C14H13FN2O4S. The number of nitrogens with zero attached hydrogens (tertiary/aromatic N) is 2. The molecule has 3 unspecified atom stereocenters. The first-order valence-corrected chi connectivity index (χ1v) is 8.26. The fourth-order valence-electron chi connectivity index (χ4n) is 3.45. The molecule has 2 fully saturated rings. The van der Waals surface area contributed by atoms with Crippen LogP contribution in [0.2, 0.25) is 0 Å². The second-order valence-corrected chi connectivity index (χ2v) is 7.41. The van der Waals surface area contributed by atoms with E-state index in [1.165, 1.54) is 4.31 Å². The molecule has 22 heavy (non-hydrogen) atoms. The maximum absolute atomic E-state index is 13.4. The molecule has 3 rings (SSSR count). The predicted octanol–water partition coefficient (Wildman–Crippen LogP) is 1.32. The van der Waals surface area contributed by atoms with Crippen LogP contribution in [-0.2, 0) is 14.8 Å². The van der Waals surface area contributed by atoms with Crippen molar-refractivity contribution in [2.75, 3.05) is 0 Å². The lowest BCUT2D eigenvalue weighted by Crippen LogP contribution is -2.37. The number of hydrogen-bond acceptors (Lipinski definition) is 4. The van der Waals surface area contributed by atoms with Crippen LogP contribution >= 0.6 is 0 Å². The van der Waals surface area contributed by atoms with Gasteiger partial charge in [-0.2, -0.15) is 9.57 Å². The summed E-state index contributed by atoms with van der Waals surface area (Å²) in [5.74, 6) is -2.48. The fraction of sp³-hybridized carbons (Fsp3) is 0.429. The molecule has 2 saturated heterocycles. The minimum atomic E-state index is -3.94. The minimum absolute atomic E-state index is 0.173. The highest BCUT2D eigenvalue weighted by Gasteiger charge is 2.54. The smallest absolute Gasteiger partial charge is 0.308 e. The van der Waals surface area contributed by atoms with Gasteiger partial charge in [0.1, 0.15) is 11.9 Å². The number of benzene rings is 1. The summed E-state index contributed by atoms with van der Waals surface area (Å²) < 4.78 is 40.1. The number of hydrogen-bond donors (Lipinski definition) is 1. The number of aliphatic carboxylic acids is 1. The van der Waals surface area contributed by atoms with Crippen molar-refractivity contribution >= 4 is 16.0 Å². The van der Waals surface area contributed by atoms with Gasteiger partial charge < -0.3 is 5.11 Å². The van der Waals surface area contributed by atoms with Gasteiger partial charge in [0.2, 0.25) is 10.0 Å². The molecule has 0 amide bonds. The van der Waals surface area contributed by atoms with Crippen molar-refractivity contribution in [3.05, 3.63) is 29.6 Å². The van der Waals surface area contributed by atoms with Crippen LogP contribution in [0.5, 0.6) is 0 Å². The summed E-state index contributed by atoms with van der Waals surface area (Å²) in [5.41, 5.74) is -0.345. The van der Waals surface area contributed by atoms with Crippen LogP contribution in [-0.4, -0.2) is 35.9 Å². The van der Waals surface area contributed by atoms with Crippen molar-refractivity contribution in [2.24, 2.45) is 5.92 Å². The quantitative estimate of drug-likeness (QED) is 0.904. The van der Waals surface area contributed by atoms with Crippen molar-refractivity contribution in [3.8, 4) is 6.07 Å². The molecule has 3 atom stereocenters. The monoisotopic (exact) mass is 324 g/mol. The third kappa shape index (κ3) is 2.09. The topological polar surface area (TPSA) is 98.5 Å². The summed E-state index contributed by atoms with van der Waals surface area (Å²) >= 11 is 0. The number of carboxylic acid groups (broad SMARTS) is 1. The van der Waals surface area contributed by atoms with E-state index in [0.717, 1.165) is 18.2 Å². The predicted molar refractivity (Wildman–Crippen MR) is 72.7 cm³/mol. The SMILES string of the molecule is N#Cc1cc(S(=O)(=O)N2C3CCC2C(C(=O)O)C3)ccc1F. The average molecular weight is 324 g/mol. The van der Waals surface area contributed by atoms with E-state index in [1.807, 2.05) is 0 Å². The molecule has 2 bridgehead atoms. The largest absolute Gasteiger partial charge is 0.481 e. The Morgan fingerprint density at radius 3 is 2.73 bits per heavy atom. The van der Waals surface area contributed by atoms with Crippen molar-refractivity contribution in [1.29, 1.82) is 5.26 Å². The first kappa shape index (κ1) is 14.9. The average Bonchev–Trinajstić information content (AvgIpc) is 3.06. The normalized spacial score (nSPS) is 27.7. The zero-order valence-electron chi connectivity index (χ0n) is 11.4. The Labute approximate surface area is 126 Å². The number of nitriles is 1. The second-order valence-electron chi connectivity index (χ2n) is 5.57. The van der Waals surface area contributed by atoms with E-state index in [1.54, 1.807) is 6.07 Å². The van der Waals surface area contributed by atoms with Gasteiger partial charge in [-0.25, -0.2) is 12.8 Å². The van der Waals surface area contributed by atoms with Gasteiger partial charge >= 0.3 is 5.97 Å². The molecule has 1 aromatic rings. The molecule has 116 valence electrons. The number of sulfonamides is 1. The van der Waals surface area contributed by atoms with Crippen LogP contribution in [0.3, 0.4) is 0 Å². The number of carbonyl (C=O) groups is 1. The van der Waals surface area contributed by atoms with Crippen LogP contribution in [0.1, 0.15) is 24.8 Å². The van der Waals surface area contributed by atoms with Gasteiger partial charge in [-0.1, -0.05) is 0 Å². The van der Waals surface area contributed by atoms with Crippen LogP contribution in [0.25, 0.3) is 0 Å². The van der Waals surface area contributed by atoms with E-state index in [0.29, 0.717) is 19.3 Å². The van der Waals surface area contributed by atoms with E-state index >= 15 is 0 Å². The Hall–Kier alpha value is -1.98. The molecule has 2 aliphatic heterocycles. The third-order valence-corrected chi connectivity index (χ3v) is 6.40. The summed E-state index contributed by atoms with van der Waals surface area (Å²) in [5, 5.41) is 18.0. The number of carboxylic acids is 1. The number of rotatable bonds is 3. The van der Waals surface area contributed by atoms with Gasteiger partial charge in [0.25, 0.3) is 0 Å². The second kappa shape index (κ2) is 5.04. The highest BCUT2D eigenvalue weighted by molar-refractivity contribution is 7.89. The Kier molecular flexibility index (Phi) is 3.42. The highest BCUT2D eigenvalue weighted by Crippen LogP contribution is 2.45. The first-order valence-electron chi connectivity index (χ1n) is 6.82. The Balaban J connectivity index is 2.01. The lowest BCUT2D eigenvalue weighted by atomic mass is 9.89. The number of halogens is 1. The Morgan fingerprint density at radius 2 is 2.14 bits per heavy atom. The van der Waals surface area contributed by atoms with Gasteiger partial charge in [0.05, 0.1) is 16.4 Å². The molecule has 0 saturated carbocycles. The van der Waals surface area contributed by atoms with Crippen LogP contribution in [0.4, 0.5) is 4.39 Å². The lowest BCUT2D eigenvalue weighted by molar-refractivity contribution is -0.142. The highest BCUT2D eigenvalue weighted by atomic mass is 32.2. The zero-order valence-corrected chi connectivity index (χ0v) is 12.3. The first-order chi connectivity index (χ1) is 10.4. The molecule has 8 heteroatoms. The van der Waals surface area contributed by atoms with Gasteiger partial charge in [0, 0.05) is 12.1 Å². The molecule has 2 aliphatic rings. The lowest BCUT2D eigenvalue weighted by Gasteiger charge is -2.22. The molecule has 0 aliphatic carbocycles. The Morgan fingerprint density at radius 1 is 1.41 bits per heavy atom. The van der Waals surface area contributed by atoms with Gasteiger partial charge in [-0.05, 0) is 37.5 Å². The van der Waals surface area contributed by atoms with Crippen molar-refractivity contribution in [2.45, 2.75) is 36.2 Å². The Bertz CT molecular complexity index is 787. The summed E-state index contributed by atoms with van der Waals surface area (Å²) in [4.78, 5) is 11.1. The zero-order chi connectivity index (χ0) is 16.1. The molecule has 1 N–H and O–H groups in total. The standard InChI is InChI=1S/C14H13FN2O4S/c15-12-3-2-10(5-8(12)7-16)22(20,21)17-9-1-4-13(17)11(6-9)14(18)19/h2-3,5,9,11,13H,1,4,6H2,(H,18,19). The van der Waals surface area contributed by atoms with E-state index in [2.05, 4.69) is 0 Å². The molecule has 0 aromatic heterocycles. The number of fused-ring (bicyclic) bond motifs is 2. The van der Waals surface area contributed by atoms with E-state index in [-0.39, 0.29) is 16.5 Å². The summed E-state index contributed by atoms with van der Waals surface area (Å²) in [7, 11) is -3.94. The minimum Gasteiger partial charge on any atom is -0.481 e. The van der Waals surface area contributed by atoms with Crippen LogP contribution in [0.15, 0.2) is 23.1 Å². The summed E-state index contributed by atoms with van der Waals surface area (Å²) in [6.45, 7) is 0. The van der Waals surface area contributed by atoms with Crippen molar-refractivity contribution in [3.63, 3.8) is 0 Å². The van der Waals surface area contributed by atoms with Crippen LogP contribution < -0.4 is 0 Å². The maximum Gasteiger partial charge on any atom is 0.308 e.